The molecule has 26 heavy (non-hydrogen) atoms. The van der Waals surface area contributed by atoms with Crippen LogP contribution < -0.4 is 0 Å². The molecule has 1 saturated carbocycles. The Bertz CT molecular complexity index is 775. The third-order valence-electron chi connectivity index (χ3n) is 4.81. The molecule has 2 atom stereocenters. The lowest BCUT2D eigenvalue weighted by molar-refractivity contribution is -0.170. The quantitative estimate of drug-likeness (QED) is 0.860. The van der Waals surface area contributed by atoms with Crippen LogP contribution in [0.15, 0.2) is 36.8 Å². The van der Waals surface area contributed by atoms with Gasteiger partial charge in [-0.25, -0.2) is 0 Å². The summed E-state index contributed by atoms with van der Waals surface area (Å²) in [7, 11) is 1.73. The highest BCUT2D eigenvalue weighted by Crippen LogP contribution is 2.39. The van der Waals surface area contributed by atoms with Crippen LogP contribution in [0.3, 0.4) is 0 Å². The van der Waals surface area contributed by atoms with E-state index < -0.39 is 12.1 Å². The average Bonchev–Trinajstić information content (AvgIpc) is 3.37. The Kier molecular flexibility index (Phi) is 4.42. The number of amides is 2. The monoisotopic (exact) mass is 355 g/mol. The van der Waals surface area contributed by atoms with E-state index in [1.807, 2.05) is 23.1 Å². The molecule has 0 radical (unpaired) electrons. The first kappa shape index (κ1) is 16.7. The van der Waals surface area contributed by atoms with E-state index in [0.29, 0.717) is 6.54 Å². The Hall–Kier alpha value is -2.74. The first-order chi connectivity index (χ1) is 12.6. The van der Waals surface area contributed by atoms with E-state index in [1.54, 1.807) is 30.5 Å². The van der Waals surface area contributed by atoms with Gasteiger partial charge in [0, 0.05) is 31.7 Å². The molecule has 0 bridgehead atoms. The predicted octanol–water partition coefficient (Wildman–Crippen LogP) is 0.894. The molecule has 2 aromatic rings. The van der Waals surface area contributed by atoms with Crippen molar-refractivity contribution in [2.75, 3.05) is 13.7 Å². The van der Waals surface area contributed by atoms with Crippen LogP contribution in [0.5, 0.6) is 0 Å². The van der Waals surface area contributed by atoms with Gasteiger partial charge in [-0.3, -0.25) is 19.7 Å². The number of aromatic amines is 1. The van der Waals surface area contributed by atoms with Gasteiger partial charge in [-0.15, -0.1) is 0 Å². The molecule has 2 aromatic heterocycles. The summed E-state index contributed by atoms with van der Waals surface area (Å²) >= 11 is 0. The summed E-state index contributed by atoms with van der Waals surface area (Å²) in [5.74, 6) is -0.228. The molecule has 3 heterocycles. The number of morpholine rings is 1. The number of ether oxygens (including phenoxy) is 1. The van der Waals surface area contributed by atoms with Crippen molar-refractivity contribution >= 4 is 11.8 Å². The van der Waals surface area contributed by atoms with Gasteiger partial charge < -0.3 is 14.5 Å². The molecule has 2 aliphatic rings. The van der Waals surface area contributed by atoms with Crippen LogP contribution in [0.4, 0.5) is 0 Å². The zero-order valence-corrected chi connectivity index (χ0v) is 14.5. The van der Waals surface area contributed by atoms with Crippen LogP contribution in [0.2, 0.25) is 0 Å². The van der Waals surface area contributed by atoms with Crippen LogP contribution in [0, 0.1) is 0 Å². The van der Waals surface area contributed by atoms with Crippen LogP contribution >= 0.6 is 0 Å². The summed E-state index contributed by atoms with van der Waals surface area (Å²) in [5, 5.41) is 6.76. The van der Waals surface area contributed by atoms with Gasteiger partial charge >= 0.3 is 0 Å². The van der Waals surface area contributed by atoms with Crippen LogP contribution in [-0.4, -0.2) is 62.6 Å². The third-order valence-corrected chi connectivity index (χ3v) is 4.81. The number of H-pyrrole nitrogens is 1. The molecule has 1 saturated heterocycles. The number of pyridine rings is 1. The summed E-state index contributed by atoms with van der Waals surface area (Å²) in [5.41, 5.74) is 1.66. The minimum atomic E-state index is -0.745. The number of aromatic nitrogens is 3. The Morgan fingerprint density at radius 1 is 1.38 bits per heavy atom. The molecular formula is C18H21N5O3. The highest BCUT2D eigenvalue weighted by atomic mass is 16.5. The summed E-state index contributed by atoms with van der Waals surface area (Å²) in [6.07, 6.45) is 6.22. The molecule has 2 amide bonds. The van der Waals surface area contributed by atoms with Crippen LogP contribution in [0.1, 0.15) is 30.1 Å². The van der Waals surface area contributed by atoms with Gasteiger partial charge in [0.05, 0.1) is 18.3 Å². The van der Waals surface area contributed by atoms with E-state index in [9.17, 15) is 9.59 Å². The molecule has 1 N–H and O–H groups in total. The molecule has 0 unspecified atom stereocenters. The van der Waals surface area contributed by atoms with Crippen molar-refractivity contribution in [3.05, 3.63) is 48.0 Å². The minimum absolute atomic E-state index is 0.0679. The molecule has 1 aliphatic carbocycles. The van der Waals surface area contributed by atoms with Gasteiger partial charge in [-0.2, -0.15) is 5.10 Å². The molecular weight excluding hydrogens is 334 g/mol. The fourth-order valence-electron chi connectivity index (χ4n) is 3.43. The lowest BCUT2D eigenvalue weighted by Gasteiger charge is -2.41. The zero-order chi connectivity index (χ0) is 18.1. The molecule has 136 valence electrons. The topological polar surface area (TPSA) is 91.4 Å². The standard InChI is InChI=1S/C18H21N5O3/c1-22(10-13-6-8-20-21-13)18(25)17-16(12-3-2-7-19-9-12)23(14-4-5-14)15(24)11-26-17/h2-3,6-9,14,16-17H,4-5,10-11H2,1H3,(H,20,21)/t16-,17+/m1/s1. The molecule has 2 fully saturated rings. The summed E-state index contributed by atoms with van der Waals surface area (Å²) < 4.78 is 5.73. The number of carbonyl (C=O) groups excluding carboxylic acids is 2. The highest BCUT2D eigenvalue weighted by molar-refractivity contribution is 5.86. The number of likely N-dealkylation sites (N-methyl/N-ethyl adjacent to an activating group) is 1. The van der Waals surface area contributed by atoms with E-state index in [0.717, 1.165) is 24.1 Å². The summed E-state index contributed by atoms with van der Waals surface area (Å²) in [6.45, 7) is 0.331. The lowest BCUT2D eigenvalue weighted by atomic mass is 9.98. The second-order valence-electron chi connectivity index (χ2n) is 6.77. The lowest BCUT2D eigenvalue weighted by Crippen LogP contribution is -2.55. The fourth-order valence-corrected chi connectivity index (χ4v) is 3.43. The van der Waals surface area contributed by atoms with Crippen molar-refractivity contribution in [3.63, 3.8) is 0 Å². The zero-order valence-electron chi connectivity index (χ0n) is 14.5. The maximum Gasteiger partial charge on any atom is 0.254 e. The number of hydrogen-bond acceptors (Lipinski definition) is 5. The third kappa shape index (κ3) is 3.20. The smallest absolute Gasteiger partial charge is 0.254 e. The maximum absolute atomic E-state index is 13.1. The van der Waals surface area contributed by atoms with Crippen molar-refractivity contribution in [3.8, 4) is 0 Å². The first-order valence-electron chi connectivity index (χ1n) is 8.71. The van der Waals surface area contributed by atoms with Crippen LogP contribution in [-0.2, 0) is 20.9 Å². The van der Waals surface area contributed by atoms with E-state index in [-0.39, 0.29) is 24.5 Å². The normalized spacial score (nSPS) is 23.1. The van der Waals surface area contributed by atoms with Crippen molar-refractivity contribution in [1.29, 1.82) is 0 Å². The first-order valence-corrected chi connectivity index (χ1v) is 8.71. The van der Waals surface area contributed by atoms with E-state index in [1.165, 1.54) is 0 Å². The Morgan fingerprint density at radius 3 is 2.88 bits per heavy atom. The second kappa shape index (κ2) is 6.87. The Balaban J connectivity index is 1.61. The van der Waals surface area contributed by atoms with Gasteiger partial charge in [-0.1, -0.05) is 6.07 Å². The van der Waals surface area contributed by atoms with Crippen molar-refractivity contribution < 1.29 is 14.3 Å². The van der Waals surface area contributed by atoms with Crippen LogP contribution in [0.25, 0.3) is 0 Å². The molecule has 8 nitrogen and oxygen atoms in total. The molecule has 4 rings (SSSR count). The highest BCUT2D eigenvalue weighted by Gasteiger charge is 2.48. The van der Waals surface area contributed by atoms with Gasteiger partial charge in [0.1, 0.15) is 6.61 Å². The number of carbonyl (C=O) groups is 2. The van der Waals surface area contributed by atoms with E-state index in [2.05, 4.69) is 15.2 Å². The SMILES string of the molecule is CN(Cc1ccn[nH]1)C(=O)[C@H]1OCC(=O)N(C2CC2)[C@@H]1c1cccnc1. The molecule has 1 aliphatic heterocycles. The number of rotatable bonds is 5. The van der Waals surface area contributed by atoms with Gasteiger partial charge in [0.25, 0.3) is 5.91 Å². The van der Waals surface area contributed by atoms with Gasteiger partial charge in [0.15, 0.2) is 6.10 Å². The fraction of sp³-hybridized carbons (Fsp3) is 0.444. The Labute approximate surface area is 151 Å². The summed E-state index contributed by atoms with van der Waals surface area (Å²) in [6, 6.07) is 5.27. The van der Waals surface area contributed by atoms with Crippen molar-refractivity contribution in [2.24, 2.45) is 0 Å². The van der Waals surface area contributed by atoms with Crippen molar-refractivity contribution in [1.82, 2.24) is 25.0 Å². The predicted molar refractivity (Wildman–Crippen MR) is 91.6 cm³/mol. The van der Waals surface area contributed by atoms with Crippen molar-refractivity contribution in [2.45, 2.75) is 37.6 Å². The molecule has 0 spiro atoms. The number of nitrogens with one attached hydrogen (secondary N) is 1. The summed E-state index contributed by atoms with van der Waals surface area (Å²) in [4.78, 5) is 33.2. The van der Waals surface area contributed by atoms with E-state index >= 15 is 0 Å². The Morgan fingerprint density at radius 2 is 2.23 bits per heavy atom. The van der Waals surface area contributed by atoms with Gasteiger partial charge in [-0.05, 0) is 30.5 Å². The molecule has 8 heteroatoms. The average molecular weight is 355 g/mol. The number of nitrogens with zero attached hydrogens (tertiary/aromatic N) is 4. The largest absolute Gasteiger partial charge is 0.356 e. The number of hydrogen-bond donors (Lipinski definition) is 1. The molecule has 0 aromatic carbocycles. The minimum Gasteiger partial charge on any atom is -0.356 e. The van der Waals surface area contributed by atoms with E-state index in [4.69, 9.17) is 4.74 Å². The second-order valence-corrected chi connectivity index (χ2v) is 6.77. The maximum atomic E-state index is 13.1. The van der Waals surface area contributed by atoms with Gasteiger partial charge in [0.2, 0.25) is 5.91 Å².